The van der Waals surface area contributed by atoms with Crippen LogP contribution >= 0.6 is 0 Å². The number of phenols is 1. The van der Waals surface area contributed by atoms with E-state index in [-0.39, 0.29) is 11.7 Å². The Morgan fingerprint density at radius 3 is 2.73 bits per heavy atom. The van der Waals surface area contributed by atoms with Crippen LogP contribution in [0.15, 0.2) is 60.7 Å². The van der Waals surface area contributed by atoms with Crippen molar-refractivity contribution in [3.8, 4) is 11.5 Å². The number of aromatic hydroxyl groups is 1. The van der Waals surface area contributed by atoms with Crippen LogP contribution in [0.4, 0.5) is 0 Å². The van der Waals surface area contributed by atoms with Gasteiger partial charge in [-0.3, -0.25) is 4.79 Å². The van der Waals surface area contributed by atoms with Gasteiger partial charge in [0.25, 0.3) is 5.91 Å². The van der Waals surface area contributed by atoms with E-state index in [9.17, 15) is 9.90 Å². The van der Waals surface area contributed by atoms with Gasteiger partial charge < -0.3 is 15.2 Å². The first-order valence-electron chi connectivity index (χ1n) is 8.83. The molecule has 0 aromatic heterocycles. The van der Waals surface area contributed by atoms with Gasteiger partial charge in [-0.1, -0.05) is 42.5 Å². The molecule has 0 spiro atoms. The van der Waals surface area contributed by atoms with Gasteiger partial charge in [0, 0.05) is 11.9 Å². The maximum Gasteiger partial charge on any atom is 0.255 e. The molecule has 26 heavy (non-hydrogen) atoms. The van der Waals surface area contributed by atoms with Gasteiger partial charge in [0.15, 0.2) is 0 Å². The zero-order valence-corrected chi connectivity index (χ0v) is 14.9. The number of amides is 1. The van der Waals surface area contributed by atoms with Gasteiger partial charge in [0.2, 0.25) is 0 Å². The predicted molar refractivity (Wildman–Crippen MR) is 104 cm³/mol. The van der Waals surface area contributed by atoms with Gasteiger partial charge in [-0.15, -0.1) is 0 Å². The molecule has 134 valence electrons. The largest absolute Gasteiger partial charge is 0.506 e. The highest BCUT2D eigenvalue weighted by atomic mass is 16.5. The second kappa shape index (κ2) is 8.39. The first-order valence-corrected chi connectivity index (χ1v) is 8.83. The normalized spacial score (nSPS) is 10.7. The standard InChI is InChI=1S/C22H23NO3/c1-16-7-6-9-18(15-16)26-14-5-4-13-23-22(25)20-12-11-17-8-2-3-10-19(17)21(20)24/h2-3,6-12,15,24H,4-5,13-14H2,1H3,(H,23,25). The number of fused-ring (bicyclic) bond motifs is 1. The number of carbonyl (C=O) groups is 1. The fraction of sp³-hybridized carbons (Fsp3) is 0.227. The van der Waals surface area contributed by atoms with Crippen LogP contribution in [0.25, 0.3) is 10.8 Å². The minimum absolute atomic E-state index is 0.0309. The molecule has 0 aliphatic carbocycles. The topological polar surface area (TPSA) is 58.6 Å². The molecule has 0 heterocycles. The molecule has 0 aliphatic heterocycles. The van der Waals surface area contributed by atoms with E-state index in [0.717, 1.165) is 24.0 Å². The van der Waals surface area contributed by atoms with Crippen LogP contribution in [-0.4, -0.2) is 24.2 Å². The Labute approximate surface area is 153 Å². The molecule has 1 amide bonds. The second-order valence-corrected chi connectivity index (χ2v) is 6.31. The number of rotatable bonds is 7. The van der Waals surface area contributed by atoms with Gasteiger partial charge in [0.1, 0.15) is 11.5 Å². The quantitative estimate of drug-likeness (QED) is 0.620. The number of aryl methyl sites for hydroxylation is 1. The highest BCUT2D eigenvalue weighted by molar-refractivity contribution is 6.03. The Balaban J connectivity index is 1.45. The summed E-state index contributed by atoms with van der Waals surface area (Å²) in [4.78, 5) is 12.3. The van der Waals surface area contributed by atoms with Crippen LogP contribution in [0.3, 0.4) is 0 Å². The molecule has 3 aromatic rings. The van der Waals surface area contributed by atoms with Gasteiger partial charge in [0.05, 0.1) is 12.2 Å². The van der Waals surface area contributed by atoms with Crippen molar-refractivity contribution in [1.29, 1.82) is 0 Å². The van der Waals surface area contributed by atoms with Crippen molar-refractivity contribution < 1.29 is 14.6 Å². The van der Waals surface area contributed by atoms with Crippen LogP contribution in [0, 0.1) is 6.92 Å². The lowest BCUT2D eigenvalue weighted by atomic mass is 10.0. The number of nitrogens with one attached hydrogen (secondary N) is 1. The van der Waals surface area contributed by atoms with Gasteiger partial charge in [-0.05, 0) is 48.9 Å². The van der Waals surface area contributed by atoms with Crippen molar-refractivity contribution in [1.82, 2.24) is 5.32 Å². The van der Waals surface area contributed by atoms with Crippen molar-refractivity contribution in [2.24, 2.45) is 0 Å². The molecule has 0 aliphatic rings. The number of hydrogen-bond donors (Lipinski definition) is 2. The predicted octanol–water partition coefficient (Wildman–Crippen LogP) is 4.44. The van der Waals surface area contributed by atoms with Crippen molar-refractivity contribution in [2.45, 2.75) is 19.8 Å². The fourth-order valence-electron chi connectivity index (χ4n) is 2.86. The molecular formula is C22H23NO3. The van der Waals surface area contributed by atoms with E-state index in [0.29, 0.717) is 24.1 Å². The van der Waals surface area contributed by atoms with Crippen molar-refractivity contribution in [3.05, 3.63) is 71.8 Å². The van der Waals surface area contributed by atoms with Gasteiger partial charge in [-0.25, -0.2) is 0 Å². The third-order valence-electron chi connectivity index (χ3n) is 4.26. The van der Waals surface area contributed by atoms with Crippen LogP contribution in [-0.2, 0) is 0 Å². The minimum atomic E-state index is -0.257. The molecule has 3 rings (SSSR count). The van der Waals surface area contributed by atoms with Crippen LogP contribution in [0.2, 0.25) is 0 Å². The number of hydrogen-bond acceptors (Lipinski definition) is 3. The lowest BCUT2D eigenvalue weighted by Gasteiger charge is -2.10. The van der Waals surface area contributed by atoms with Crippen molar-refractivity contribution >= 4 is 16.7 Å². The van der Waals surface area contributed by atoms with E-state index in [4.69, 9.17) is 4.74 Å². The Bertz CT molecular complexity index is 905. The van der Waals surface area contributed by atoms with Crippen LogP contribution in [0.5, 0.6) is 11.5 Å². The summed E-state index contributed by atoms with van der Waals surface area (Å²) in [6.07, 6.45) is 1.66. The van der Waals surface area contributed by atoms with E-state index >= 15 is 0 Å². The van der Waals surface area contributed by atoms with Crippen LogP contribution in [0.1, 0.15) is 28.8 Å². The highest BCUT2D eigenvalue weighted by Crippen LogP contribution is 2.28. The number of carbonyl (C=O) groups excluding carboxylic acids is 1. The smallest absolute Gasteiger partial charge is 0.255 e. The summed E-state index contributed by atoms with van der Waals surface area (Å²) >= 11 is 0. The monoisotopic (exact) mass is 349 g/mol. The molecule has 0 fully saturated rings. The number of phenolic OH excluding ortho intramolecular Hbond substituents is 1. The lowest BCUT2D eigenvalue weighted by Crippen LogP contribution is -2.24. The summed E-state index contributed by atoms with van der Waals surface area (Å²) in [5.74, 6) is 0.645. The zero-order valence-electron chi connectivity index (χ0n) is 14.9. The van der Waals surface area contributed by atoms with E-state index in [1.54, 1.807) is 6.07 Å². The van der Waals surface area contributed by atoms with Gasteiger partial charge in [-0.2, -0.15) is 0 Å². The lowest BCUT2D eigenvalue weighted by molar-refractivity contribution is 0.0950. The Kier molecular flexibility index (Phi) is 5.74. The first-order chi connectivity index (χ1) is 12.6. The molecule has 3 aromatic carbocycles. The van der Waals surface area contributed by atoms with E-state index in [1.165, 1.54) is 5.56 Å². The Morgan fingerprint density at radius 2 is 1.88 bits per heavy atom. The van der Waals surface area contributed by atoms with Crippen molar-refractivity contribution in [2.75, 3.05) is 13.2 Å². The number of benzene rings is 3. The molecule has 0 unspecified atom stereocenters. The third kappa shape index (κ3) is 4.33. The molecule has 0 saturated heterocycles. The maximum atomic E-state index is 12.3. The molecule has 0 bridgehead atoms. The Hall–Kier alpha value is -3.01. The van der Waals surface area contributed by atoms with Gasteiger partial charge >= 0.3 is 0 Å². The first kappa shape index (κ1) is 17.8. The highest BCUT2D eigenvalue weighted by Gasteiger charge is 2.12. The minimum Gasteiger partial charge on any atom is -0.506 e. The molecule has 0 atom stereocenters. The summed E-state index contributed by atoms with van der Waals surface area (Å²) in [6.45, 7) is 3.19. The Morgan fingerprint density at radius 1 is 1.04 bits per heavy atom. The third-order valence-corrected chi connectivity index (χ3v) is 4.26. The molecule has 4 nitrogen and oxygen atoms in total. The molecule has 4 heteroatoms. The average Bonchev–Trinajstić information content (AvgIpc) is 2.65. The van der Waals surface area contributed by atoms with Crippen molar-refractivity contribution in [3.63, 3.8) is 0 Å². The SMILES string of the molecule is Cc1cccc(OCCCCNC(=O)c2ccc3ccccc3c2O)c1. The van der Waals surface area contributed by atoms with E-state index in [2.05, 4.69) is 5.32 Å². The van der Waals surface area contributed by atoms with E-state index < -0.39 is 0 Å². The number of unbranched alkanes of at least 4 members (excludes halogenated alkanes) is 1. The molecule has 0 saturated carbocycles. The maximum absolute atomic E-state index is 12.3. The molecular weight excluding hydrogens is 326 g/mol. The zero-order chi connectivity index (χ0) is 18.4. The summed E-state index contributed by atoms with van der Waals surface area (Å²) in [6, 6.07) is 18.9. The fourth-order valence-corrected chi connectivity index (χ4v) is 2.86. The van der Waals surface area contributed by atoms with E-state index in [1.807, 2.05) is 61.5 Å². The summed E-state index contributed by atoms with van der Waals surface area (Å²) in [5, 5.41) is 14.8. The summed E-state index contributed by atoms with van der Waals surface area (Å²) in [5.41, 5.74) is 1.48. The summed E-state index contributed by atoms with van der Waals surface area (Å²) < 4.78 is 5.69. The van der Waals surface area contributed by atoms with Crippen LogP contribution < -0.4 is 10.1 Å². The average molecular weight is 349 g/mol. The number of ether oxygens (including phenoxy) is 1. The molecule has 2 N–H and O–H groups in total. The summed E-state index contributed by atoms with van der Waals surface area (Å²) in [7, 11) is 0. The second-order valence-electron chi connectivity index (χ2n) is 6.31. The molecule has 0 radical (unpaired) electrons.